The number of nitrogens with one attached hydrogen (secondary N) is 1. The summed E-state index contributed by atoms with van der Waals surface area (Å²) in [5.41, 5.74) is 0. The molecule has 67 heavy (non-hydrogen) atoms. The highest BCUT2D eigenvalue weighted by molar-refractivity contribution is 5.77. The molecule has 3 unspecified atom stereocenters. The largest absolute Gasteiger partial charge is 0.462 e. The molecule has 0 spiro atoms. The molecule has 0 bridgehead atoms. The minimum atomic E-state index is -0.785. The second-order valence-electron chi connectivity index (χ2n) is 20.8. The first-order chi connectivity index (χ1) is 33.0. The van der Waals surface area contributed by atoms with Crippen molar-refractivity contribution in [3.05, 3.63) is 24.3 Å². The average Bonchev–Trinajstić information content (AvgIpc) is 3.32. The van der Waals surface area contributed by atoms with Gasteiger partial charge in [-0.15, -0.1) is 0 Å². The van der Waals surface area contributed by atoms with Gasteiger partial charge in [0.25, 0.3) is 0 Å². The number of amides is 1. The van der Waals surface area contributed by atoms with Gasteiger partial charge in [0.1, 0.15) is 6.10 Å². The van der Waals surface area contributed by atoms with Crippen molar-refractivity contribution in [2.45, 2.75) is 347 Å². The number of rotatable bonds is 55. The van der Waals surface area contributed by atoms with Crippen LogP contribution in [-0.4, -0.2) is 46.9 Å². The molecule has 0 fully saturated rings. The number of aliphatic hydroxyl groups excluding tert-OH is 2. The fourth-order valence-corrected chi connectivity index (χ4v) is 9.46. The Labute approximate surface area is 418 Å². The second kappa shape index (κ2) is 55.3. The summed E-state index contributed by atoms with van der Waals surface area (Å²) < 4.78 is 5.98. The van der Waals surface area contributed by atoms with Gasteiger partial charge in [-0.2, -0.15) is 0 Å². The third kappa shape index (κ3) is 50.5. The van der Waals surface area contributed by atoms with Gasteiger partial charge >= 0.3 is 5.97 Å². The lowest BCUT2D eigenvalue weighted by Crippen LogP contribution is -2.46. The normalized spacial score (nSPS) is 13.2. The van der Waals surface area contributed by atoms with Crippen LogP contribution in [0.3, 0.4) is 0 Å². The van der Waals surface area contributed by atoms with E-state index < -0.39 is 18.2 Å². The van der Waals surface area contributed by atoms with Crippen LogP contribution in [0.5, 0.6) is 0 Å². The standard InChI is InChI=1S/C61H117NO5/c1-4-7-10-13-16-19-22-25-28-29-30-31-33-36-39-42-45-48-51-54-61(66)67-57(52-49-46-43-40-37-34-32-26-23-20-17-14-11-8-5-2)55-60(65)62-58(56-63)59(64)53-50-47-44-41-38-35-27-24-21-18-15-12-9-6-3/h16,19,25,28,57-59,63-64H,4-15,17-18,20-24,26-27,29-56H2,1-3H3,(H,62,65)/b19-16-,28-25-. The molecule has 3 atom stereocenters. The lowest BCUT2D eigenvalue weighted by Gasteiger charge is -2.24. The first-order valence-corrected chi connectivity index (χ1v) is 30.1. The number of carbonyl (C=O) groups excluding carboxylic acids is 2. The van der Waals surface area contributed by atoms with Gasteiger partial charge in [-0.1, -0.05) is 283 Å². The van der Waals surface area contributed by atoms with E-state index in [4.69, 9.17) is 4.74 Å². The summed E-state index contributed by atoms with van der Waals surface area (Å²) in [5, 5.41) is 23.9. The van der Waals surface area contributed by atoms with Crippen LogP contribution in [0.25, 0.3) is 0 Å². The molecule has 0 aliphatic carbocycles. The Bertz CT molecular complexity index is 1060. The van der Waals surface area contributed by atoms with E-state index in [1.54, 1.807) is 0 Å². The highest BCUT2D eigenvalue weighted by atomic mass is 16.5. The summed E-state index contributed by atoms with van der Waals surface area (Å²) in [6.45, 7) is 6.51. The van der Waals surface area contributed by atoms with Gasteiger partial charge in [-0.25, -0.2) is 0 Å². The number of aliphatic hydroxyl groups is 2. The third-order valence-electron chi connectivity index (χ3n) is 14.0. The highest BCUT2D eigenvalue weighted by Crippen LogP contribution is 2.19. The molecule has 0 aromatic carbocycles. The number of carbonyl (C=O) groups is 2. The van der Waals surface area contributed by atoms with Crippen molar-refractivity contribution >= 4 is 11.9 Å². The van der Waals surface area contributed by atoms with Crippen molar-refractivity contribution in [1.29, 1.82) is 0 Å². The summed E-state index contributed by atoms with van der Waals surface area (Å²) in [5.74, 6) is -0.456. The Morgan fingerprint density at radius 1 is 0.433 bits per heavy atom. The smallest absolute Gasteiger partial charge is 0.306 e. The monoisotopic (exact) mass is 944 g/mol. The number of hydrogen-bond donors (Lipinski definition) is 3. The molecule has 0 saturated carbocycles. The minimum Gasteiger partial charge on any atom is -0.462 e. The quantitative estimate of drug-likeness (QED) is 0.0321. The Kier molecular flexibility index (Phi) is 53.9. The van der Waals surface area contributed by atoms with Crippen LogP contribution >= 0.6 is 0 Å². The lowest BCUT2D eigenvalue weighted by molar-refractivity contribution is -0.151. The molecule has 0 aliphatic heterocycles. The molecule has 6 nitrogen and oxygen atoms in total. The molecule has 6 heteroatoms. The SMILES string of the molecule is CCCCC/C=C\C/C=C\CCCCCCCCCCCC(=O)OC(CCCCCCCCCCCCCCCCC)CC(=O)NC(CO)C(O)CCCCCCCCCCCCCCCC. The van der Waals surface area contributed by atoms with E-state index in [0.29, 0.717) is 19.3 Å². The van der Waals surface area contributed by atoms with Gasteiger partial charge in [0, 0.05) is 6.42 Å². The van der Waals surface area contributed by atoms with Crippen molar-refractivity contribution in [2.75, 3.05) is 6.61 Å². The molecule has 3 N–H and O–H groups in total. The molecule has 1 amide bonds. The molecule has 0 rings (SSSR count). The van der Waals surface area contributed by atoms with Crippen LogP contribution in [0.1, 0.15) is 329 Å². The van der Waals surface area contributed by atoms with Crippen molar-refractivity contribution in [1.82, 2.24) is 5.32 Å². The van der Waals surface area contributed by atoms with Crippen molar-refractivity contribution in [2.24, 2.45) is 0 Å². The fourth-order valence-electron chi connectivity index (χ4n) is 9.46. The molecular formula is C61H117NO5. The maximum Gasteiger partial charge on any atom is 0.306 e. The maximum atomic E-state index is 13.3. The van der Waals surface area contributed by atoms with Crippen LogP contribution in [0.15, 0.2) is 24.3 Å². The fraction of sp³-hybridized carbons (Fsp3) is 0.902. The number of esters is 1. The van der Waals surface area contributed by atoms with E-state index in [-0.39, 0.29) is 24.9 Å². The van der Waals surface area contributed by atoms with Crippen LogP contribution in [0, 0.1) is 0 Å². The van der Waals surface area contributed by atoms with Crippen molar-refractivity contribution in [3.8, 4) is 0 Å². The van der Waals surface area contributed by atoms with Gasteiger partial charge in [0.05, 0.1) is 25.2 Å². The second-order valence-corrected chi connectivity index (χ2v) is 20.8. The molecule has 0 aliphatic rings. The Morgan fingerprint density at radius 3 is 1.16 bits per heavy atom. The zero-order chi connectivity index (χ0) is 48.8. The Balaban J connectivity index is 4.50. The summed E-state index contributed by atoms with van der Waals surface area (Å²) in [7, 11) is 0. The van der Waals surface area contributed by atoms with Gasteiger partial charge in [-0.05, 0) is 57.8 Å². The molecular weight excluding hydrogens is 827 g/mol. The molecule has 0 radical (unpaired) electrons. The summed E-state index contributed by atoms with van der Waals surface area (Å²) in [6.07, 6.45) is 65.3. The lowest BCUT2D eigenvalue weighted by atomic mass is 10.0. The predicted octanol–water partition coefficient (Wildman–Crippen LogP) is 18.6. The van der Waals surface area contributed by atoms with Crippen molar-refractivity contribution < 1.29 is 24.5 Å². The molecule has 0 aromatic rings. The first kappa shape index (κ1) is 65.3. The van der Waals surface area contributed by atoms with E-state index in [2.05, 4.69) is 50.4 Å². The molecule has 0 aromatic heterocycles. The molecule has 0 heterocycles. The number of allylic oxidation sites excluding steroid dienone is 4. The average molecular weight is 945 g/mol. The predicted molar refractivity (Wildman–Crippen MR) is 292 cm³/mol. The van der Waals surface area contributed by atoms with Crippen LogP contribution in [-0.2, 0) is 14.3 Å². The van der Waals surface area contributed by atoms with Gasteiger partial charge < -0.3 is 20.3 Å². The van der Waals surface area contributed by atoms with Crippen LogP contribution < -0.4 is 5.32 Å². The van der Waals surface area contributed by atoms with Gasteiger partial charge in [0.15, 0.2) is 0 Å². The number of hydrogen-bond acceptors (Lipinski definition) is 5. The maximum absolute atomic E-state index is 13.3. The highest BCUT2D eigenvalue weighted by Gasteiger charge is 2.24. The van der Waals surface area contributed by atoms with Gasteiger partial charge in [-0.3, -0.25) is 9.59 Å². The zero-order valence-electron chi connectivity index (χ0n) is 45.3. The van der Waals surface area contributed by atoms with Crippen LogP contribution in [0.4, 0.5) is 0 Å². The topological polar surface area (TPSA) is 95.9 Å². The van der Waals surface area contributed by atoms with E-state index >= 15 is 0 Å². The van der Waals surface area contributed by atoms with E-state index in [9.17, 15) is 19.8 Å². The summed E-state index contributed by atoms with van der Waals surface area (Å²) in [6, 6.07) is -0.698. The third-order valence-corrected chi connectivity index (χ3v) is 14.0. The van der Waals surface area contributed by atoms with E-state index in [1.165, 1.54) is 231 Å². The van der Waals surface area contributed by atoms with Crippen LogP contribution in [0.2, 0.25) is 0 Å². The Morgan fingerprint density at radius 2 is 0.761 bits per heavy atom. The van der Waals surface area contributed by atoms with Gasteiger partial charge in [0.2, 0.25) is 5.91 Å². The van der Waals surface area contributed by atoms with E-state index in [1.807, 2.05) is 0 Å². The number of ether oxygens (including phenoxy) is 1. The molecule has 396 valence electrons. The number of unbranched alkanes of at least 4 members (excludes halogenated alkanes) is 39. The summed E-state index contributed by atoms with van der Waals surface area (Å²) in [4.78, 5) is 26.3. The zero-order valence-corrected chi connectivity index (χ0v) is 45.3. The first-order valence-electron chi connectivity index (χ1n) is 30.1. The minimum absolute atomic E-state index is 0.0826. The van der Waals surface area contributed by atoms with E-state index in [0.717, 1.165) is 51.4 Å². The summed E-state index contributed by atoms with van der Waals surface area (Å²) >= 11 is 0. The Hall–Kier alpha value is -1.66. The molecule has 0 saturated heterocycles. The van der Waals surface area contributed by atoms with Crippen molar-refractivity contribution in [3.63, 3.8) is 0 Å².